The van der Waals surface area contributed by atoms with Crippen LogP contribution in [-0.4, -0.2) is 72.2 Å². The molecule has 1 aromatic rings. The number of aryl methyl sites for hydroxylation is 1. The molecule has 1 aliphatic rings. The number of hydrogen-bond donors (Lipinski definition) is 1. The second-order valence-electron chi connectivity index (χ2n) is 5.95. The first-order chi connectivity index (χ1) is 9.63. The first kappa shape index (κ1) is 15.5. The summed E-state index contributed by atoms with van der Waals surface area (Å²) >= 11 is 0. The van der Waals surface area contributed by atoms with Gasteiger partial charge in [-0.05, 0) is 34.5 Å². The normalized spacial score (nSPS) is 23.1. The average molecular weight is 279 g/mol. The van der Waals surface area contributed by atoms with Gasteiger partial charge in [-0.25, -0.2) is 4.98 Å². The maximum Gasteiger partial charge on any atom is 0.110 e. The molecule has 0 radical (unpaired) electrons. The van der Waals surface area contributed by atoms with Crippen molar-refractivity contribution in [3.05, 3.63) is 18.2 Å². The Hall–Kier alpha value is -0.910. The van der Waals surface area contributed by atoms with Crippen LogP contribution in [0.25, 0.3) is 0 Å². The number of rotatable bonds is 6. The van der Waals surface area contributed by atoms with E-state index in [1.54, 1.807) is 0 Å². The molecule has 0 saturated carbocycles. The Morgan fingerprint density at radius 2 is 2.20 bits per heavy atom. The van der Waals surface area contributed by atoms with Crippen molar-refractivity contribution in [3.8, 4) is 0 Å². The van der Waals surface area contributed by atoms with Gasteiger partial charge in [0.1, 0.15) is 5.82 Å². The Labute approximate surface area is 123 Å². The zero-order chi connectivity index (χ0) is 14.5. The summed E-state index contributed by atoms with van der Waals surface area (Å²) in [6.45, 7) is 6.68. The van der Waals surface area contributed by atoms with Gasteiger partial charge in [-0.2, -0.15) is 0 Å². The zero-order valence-corrected chi connectivity index (χ0v) is 13.3. The van der Waals surface area contributed by atoms with Crippen molar-refractivity contribution in [1.82, 2.24) is 24.7 Å². The molecule has 2 rings (SSSR count). The van der Waals surface area contributed by atoms with Gasteiger partial charge in [0.25, 0.3) is 0 Å². The van der Waals surface area contributed by atoms with Crippen LogP contribution in [0, 0.1) is 0 Å². The van der Waals surface area contributed by atoms with Crippen molar-refractivity contribution in [2.75, 3.05) is 40.8 Å². The molecule has 20 heavy (non-hydrogen) atoms. The summed E-state index contributed by atoms with van der Waals surface area (Å²) in [4.78, 5) is 9.43. The summed E-state index contributed by atoms with van der Waals surface area (Å²) in [5.74, 6) is 1.19. The lowest BCUT2D eigenvalue weighted by Gasteiger charge is -2.39. The fraction of sp³-hybridized carbons (Fsp3) is 0.800. The summed E-state index contributed by atoms with van der Waals surface area (Å²) in [5, 5.41) is 3.48. The fourth-order valence-corrected chi connectivity index (χ4v) is 3.03. The Morgan fingerprint density at radius 3 is 2.90 bits per heavy atom. The molecule has 1 saturated heterocycles. The van der Waals surface area contributed by atoms with Crippen molar-refractivity contribution in [3.63, 3.8) is 0 Å². The quantitative estimate of drug-likeness (QED) is 0.830. The molecule has 0 amide bonds. The Balaban J connectivity index is 1.94. The lowest BCUT2D eigenvalue weighted by atomic mass is 10.0. The number of imidazole rings is 1. The van der Waals surface area contributed by atoms with Crippen molar-refractivity contribution >= 4 is 0 Å². The highest BCUT2D eigenvalue weighted by Crippen LogP contribution is 2.14. The van der Waals surface area contributed by atoms with Crippen LogP contribution in [0.3, 0.4) is 0 Å². The van der Waals surface area contributed by atoms with Gasteiger partial charge in [-0.15, -0.1) is 0 Å². The van der Waals surface area contributed by atoms with Crippen LogP contribution in [0.15, 0.2) is 12.4 Å². The average Bonchev–Trinajstić information content (AvgIpc) is 2.89. The number of nitrogens with one attached hydrogen (secondary N) is 1. The van der Waals surface area contributed by atoms with Gasteiger partial charge in [0.2, 0.25) is 0 Å². The zero-order valence-electron chi connectivity index (χ0n) is 13.3. The van der Waals surface area contributed by atoms with Gasteiger partial charge < -0.3 is 19.7 Å². The van der Waals surface area contributed by atoms with E-state index in [2.05, 4.69) is 58.9 Å². The highest BCUT2D eigenvalue weighted by atomic mass is 15.3. The molecule has 1 aromatic heterocycles. The molecule has 0 aromatic carbocycles. The topological polar surface area (TPSA) is 36.3 Å². The van der Waals surface area contributed by atoms with Crippen LogP contribution >= 0.6 is 0 Å². The molecule has 114 valence electrons. The van der Waals surface area contributed by atoms with E-state index >= 15 is 0 Å². The largest absolute Gasteiger partial charge is 0.335 e. The second-order valence-corrected chi connectivity index (χ2v) is 5.95. The third-order valence-electron chi connectivity index (χ3n) is 4.52. The molecule has 1 N–H and O–H groups in total. The fourth-order valence-electron chi connectivity index (χ4n) is 3.03. The molecular weight excluding hydrogens is 250 g/mol. The second kappa shape index (κ2) is 7.20. The van der Waals surface area contributed by atoms with Crippen LogP contribution < -0.4 is 5.32 Å². The van der Waals surface area contributed by atoms with Crippen molar-refractivity contribution < 1.29 is 0 Å². The molecule has 5 heteroatoms. The van der Waals surface area contributed by atoms with Crippen LogP contribution in [0.4, 0.5) is 0 Å². The van der Waals surface area contributed by atoms with E-state index in [4.69, 9.17) is 0 Å². The molecule has 2 heterocycles. The van der Waals surface area contributed by atoms with Crippen LogP contribution in [0.1, 0.15) is 19.2 Å². The lowest BCUT2D eigenvalue weighted by molar-refractivity contribution is 0.101. The maximum atomic E-state index is 4.50. The molecule has 0 bridgehead atoms. The SMILES string of the molecule is CCn1ccnc1CC(CC1CN(C)CCN1C)NC. The standard InChI is InChI=1S/C15H29N5/c1-5-20-7-6-17-15(20)11-13(16-2)10-14-12-18(3)8-9-19(14)4/h6-7,13-14,16H,5,8-12H2,1-4H3. The molecule has 1 aliphatic heterocycles. The minimum Gasteiger partial charge on any atom is -0.335 e. The predicted octanol–water partition coefficient (Wildman–Crippen LogP) is 0.669. The van der Waals surface area contributed by atoms with E-state index in [0.717, 1.165) is 19.5 Å². The molecule has 5 nitrogen and oxygen atoms in total. The maximum absolute atomic E-state index is 4.50. The third kappa shape index (κ3) is 3.81. The smallest absolute Gasteiger partial charge is 0.110 e. The van der Waals surface area contributed by atoms with E-state index in [9.17, 15) is 0 Å². The number of piperazine rings is 1. The van der Waals surface area contributed by atoms with E-state index < -0.39 is 0 Å². The minimum absolute atomic E-state index is 0.488. The summed E-state index contributed by atoms with van der Waals surface area (Å²) in [6.07, 6.45) is 6.16. The molecule has 2 unspecified atom stereocenters. The number of aromatic nitrogens is 2. The van der Waals surface area contributed by atoms with Crippen LogP contribution in [0.5, 0.6) is 0 Å². The van der Waals surface area contributed by atoms with E-state index in [0.29, 0.717) is 12.1 Å². The Bertz CT molecular complexity index is 403. The first-order valence-electron chi connectivity index (χ1n) is 7.70. The molecule has 0 spiro atoms. The van der Waals surface area contributed by atoms with Crippen molar-refractivity contribution in [2.45, 2.75) is 38.4 Å². The summed E-state index contributed by atoms with van der Waals surface area (Å²) in [5.41, 5.74) is 0. The van der Waals surface area contributed by atoms with Gasteiger partial charge in [0.15, 0.2) is 0 Å². The van der Waals surface area contributed by atoms with Gasteiger partial charge in [0.05, 0.1) is 0 Å². The van der Waals surface area contributed by atoms with Gasteiger partial charge in [0, 0.05) is 57.1 Å². The highest BCUT2D eigenvalue weighted by molar-refractivity contribution is 4.96. The van der Waals surface area contributed by atoms with Crippen LogP contribution in [0.2, 0.25) is 0 Å². The van der Waals surface area contributed by atoms with E-state index in [-0.39, 0.29) is 0 Å². The number of nitrogens with zero attached hydrogens (tertiary/aromatic N) is 4. The molecule has 1 fully saturated rings. The number of likely N-dealkylation sites (N-methyl/N-ethyl adjacent to an activating group) is 3. The van der Waals surface area contributed by atoms with E-state index in [1.807, 2.05) is 6.20 Å². The Kier molecular flexibility index (Phi) is 5.57. The van der Waals surface area contributed by atoms with Crippen molar-refractivity contribution in [1.29, 1.82) is 0 Å². The summed E-state index contributed by atoms with van der Waals surface area (Å²) < 4.78 is 2.24. The predicted molar refractivity (Wildman–Crippen MR) is 83.0 cm³/mol. The monoisotopic (exact) mass is 279 g/mol. The van der Waals surface area contributed by atoms with Crippen molar-refractivity contribution in [2.24, 2.45) is 0 Å². The summed E-state index contributed by atoms with van der Waals surface area (Å²) in [6, 6.07) is 1.12. The van der Waals surface area contributed by atoms with Crippen LogP contribution in [-0.2, 0) is 13.0 Å². The molecule has 0 aliphatic carbocycles. The lowest BCUT2D eigenvalue weighted by Crippen LogP contribution is -2.52. The summed E-state index contributed by atoms with van der Waals surface area (Å²) in [7, 11) is 6.53. The Morgan fingerprint density at radius 1 is 1.40 bits per heavy atom. The van der Waals surface area contributed by atoms with Gasteiger partial charge in [-0.1, -0.05) is 0 Å². The molecule has 2 atom stereocenters. The third-order valence-corrected chi connectivity index (χ3v) is 4.52. The van der Waals surface area contributed by atoms with Gasteiger partial charge in [-0.3, -0.25) is 0 Å². The van der Waals surface area contributed by atoms with E-state index in [1.165, 1.54) is 25.3 Å². The highest BCUT2D eigenvalue weighted by Gasteiger charge is 2.25. The van der Waals surface area contributed by atoms with Gasteiger partial charge >= 0.3 is 0 Å². The first-order valence-corrected chi connectivity index (χ1v) is 7.70. The minimum atomic E-state index is 0.488. The molecular formula is C15H29N5. The number of hydrogen-bond acceptors (Lipinski definition) is 4.